The van der Waals surface area contributed by atoms with E-state index in [4.69, 9.17) is 4.84 Å². The summed E-state index contributed by atoms with van der Waals surface area (Å²) >= 11 is 0. The van der Waals surface area contributed by atoms with E-state index in [1.165, 1.54) is 12.0 Å². The fraction of sp³-hybridized carbons (Fsp3) is 0.211. The lowest BCUT2D eigenvalue weighted by Gasteiger charge is -2.20. The molecule has 24 heavy (non-hydrogen) atoms. The van der Waals surface area contributed by atoms with Gasteiger partial charge in [0.15, 0.2) is 0 Å². The molecule has 1 heterocycles. The number of hydrogen-bond donors (Lipinski definition) is 0. The van der Waals surface area contributed by atoms with Crippen molar-refractivity contribution in [3.05, 3.63) is 60.4 Å². The van der Waals surface area contributed by atoms with Gasteiger partial charge in [0, 0.05) is 18.8 Å². The van der Waals surface area contributed by atoms with Crippen molar-refractivity contribution in [2.24, 2.45) is 5.16 Å². The van der Waals surface area contributed by atoms with Crippen molar-refractivity contribution >= 4 is 22.8 Å². The lowest BCUT2D eigenvalue weighted by atomic mass is 10.2. The van der Waals surface area contributed by atoms with Crippen LogP contribution in [0.4, 0.5) is 5.69 Å². The Morgan fingerprint density at radius 2 is 1.75 bits per heavy atom. The minimum absolute atomic E-state index is 0.455. The molecular weight excluding hydrogens is 300 g/mol. The molecule has 0 radical (unpaired) electrons. The zero-order valence-corrected chi connectivity index (χ0v) is 13.9. The number of para-hydroxylation sites is 1. The molecule has 5 heteroatoms. The van der Waals surface area contributed by atoms with Crippen LogP contribution in [-0.4, -0.2) is 29.3 Å². The van der Waals surface area contributed by atoms with Crippen LogP contribution in [0.2, 0.25) is 0 Å². The summed E-state index contributed by atoms with van der Waals surface area (Å²) in [6.07, 6.45) is 3.16. The number of nitrogens with zero attached hydrogens (tertiary/aromatic N) is 4. The van der Waals surface area contributed by atoms with Crippen LogP contribution >= 0.6 is 0 Å². The normalized spacial score (nSPS) is 11.1. The fourth-order valence-corrected chi connectivity index (χ4v) is 2.55. The standard InChI is InChI=1S/C19H20N4O/c1-3-23(4-2)16-11-9-15(10-12-16)13-22-24-19-17-7-5-6-8-18(17)20-14-21-19/h5-14H,3-4H2,1-2H3. The smallest absolute Gasteiger partial charge is 0.259 e. The molecule has 0 unspecified atom stereocenters. The third-order valence-electron chi connectivity index (χ3n) is 3.87. The zero-order valence-electron chi connectivity index (χ0n) is 13.9. The third kappa shape index (κ3) is 3.51. The average Bonchev–Trinajstić information content (AvgIpc) is 2.64. The molecule has 3 rings (SSSR count). The quantitative estimate of drug-likeness (QED) is 0.511. The number of anilines is 1. The highest BCUT2D eigenvalue weighted by atomic mass is 16.6. The Balaban J connectivity index is 1.72. The SMILES string of the molecule is CCN(CC)c1ccc(C=NOc2ncnc3ccccc23)cc1. The second-order valence-corrected chi connectivity index (χ2v) is 5.29. The number of oxime groups is 1. The maximum atomic E-state index is 5.45. The van der Waals surface area contributed by atoms with Gasteiger partial charge in [-0.15, -0.1) is 0 Å². The highest BCUT2D eigenvalue weighted by molar-refractivity contribution is 5.83. The first-order chi connectivity index (χ1) is 11.8. The zero-order chi connectivity index (χ0) is 16.8. The van der Waals surface area contributed by atoms with Crippen LogP contribution in [0.1, 0.15) is 19.4 Å². The number of fused-ring (bicyclic) bond motifs is 1. The third-order valence-corrected chi connectivity index (χ3v) is 3.87. The Hall–Kier alpha value is -2.95. The summed E-state index contributed by atoms with van der Waals surface area (Å²) in [5, 5.41) is 4.89. The van der Waals surface area contributed by atoms with Crippen molar-refractivity contribution in [3.63, 3.8) is 0 Å². The first-order valence-electron chi connectivity index (χ1n) is 8.07. The van der Waals surface area contributed by atoms with Gasteiger partial charge in [0.25, 0.3) is 5.88 Å². The van der Waals surface area contributed by atoms with Crippen LogP contribution in [0.5, 0.6) is 5.88 Å². The number of hydrogen-bond acceptors (Lipinski definition) is 5. The van der Waals surface area contributed by atoms with Crippen LogP contribution in [0.3, 0.4) is 0 Å². The highest BCUT2D eigenvalue weighted by Gasteiger charge is 2.03. The molecule has 0 amide bonds. The van der Waals surface area contributed by atoms with Gasteiger partial charge in [-0.25, -0.2) is 4.98 Å². The first kappa shape index (κ1) is 15.9. The van der Waals surface area contributed by atoms with Gasteiger partial charge in [-0.05, 0) is 43.7 Å². The summed E-state index contributed by atoms with van der Waals surface area (Å²) in [4.78, 5) is 16.1. The van der Waals surface area contributed by atoms with Crippen LogP contribution in [0, 0.1) is 0 Å². The Kier molecular flexibility index (Phi) is 5.01. The van der Waals surface area contributed by atoms with E-state index in [2.05, 4.69) is 46.0 Å². The first-order valence-corrected chi connectivity index (χ1v) is 8.07. The van der Waals surface area contributed by atoms with E-state index < -0.39 is 0 Å². The summed E-state index contributed by atoms with van der Waals surface area (Å²) in [7, 11) is 0. The van der Waals surface area contributed by atoms with Crippen molar-refractivity contribution in [1.29, 1.82) is 0 Å². The summed E-state index contributed by atoms with van der Waals surface area (Å²) in [6.45, 7) is 6.29. The summed E-state index contributed by atoms with van der Waals surface area (Å²) in [5.74, 6) is 0.455. The number of benzene rings is 2. The second-order valence-electron chi connectivity index (χ2n) is 5.29. The van der Waals surface area contributed by atoms with Crippen molar-refractivity contribution in [2.45, 2.75) is 13.8 Å². The molecular formula is C19H20N4O. The lowest BCUT2D eigenvalue weighted by Crippen LogP contribution is -2.21. The maximum Gasteiger partial charge on any atom is 0.259 e. The van der Waals surface area contributed by atoms with E-state index in [1.54, 1.807) is 6.21 Å². The Morgan fingerprint density at radius 1 is 1.00 bits per heavy atom. The van der Waals surface area contributed by atoms with Gasteiger partial charge in [0.2, 0.25) is 0 Å². The van der Waals surface area contributed by atoms with E-state index in [0.717, 1.165) is 29.6 Å². The molecule has 0 bridgehead atoms. The van der Waals surface area contributed by atoms with E-state index in [9.17, 15) is 0 Å². The minimum atomic E-state index is 0.455. The summed E-state index contributed by atoms with van der Waals surface area (Å²) < 4.78 is 0. The Labute approximate surface area is 141 Å². The molecule has 122 valence electrons. The van der Waals surface area contributed by atoms with E-state index >= 15 is 0 Å². The van der Waals surface area contributed by atoms with Gasteiger partial charge < -0.3 is 9.74 Å². The molecule has 5 nitrogen and oxygen atoms in total. The van der Waals surface area contributed by atoms with Crippen molar-refractivity contribution in [2.75, 3.05) is 18.0 Å². The molecule has 0 atom stereocenters. The molecule has 0 saturated carbocycles. The van der Waals surface area contributed by atoms with Crippen LogP contribution in [-0.2, 0) is 0 Å². The largest absolute Gasteiger partial charge is 0.372 e. The van der Waals surface area contributed by atoms with Crippen molar-refractivity contribution < 1.29 is 4.84 Å². The highest BCUT2D eigenvalue weighted by Crippen LogP contribution is 2.20. The van der Waals surface area contributed by atoms with Crippen LogP contribution < -0.4 is 9.74 Å². The van der Waals surface area contributed by atoms with E-state index in [-0.39, 0.29) is 0 Å². The molecule has 0 spiro atoms. The number of aromatic nitrogens is 2. The van der Waals surface area contributed by atoms with Crippen molar-refractivity contribution in [1.82, 2.24) is 9.97 Å². The van der Waals surface area contributed by atoms with Gasteiger partial charge in [-0.1, -0.05) is 29.4 Å². The molecule has 0 aliphatic rings. The van der Waals surface area contributed by atoms with E-state index in [1.807, 2.05) is 36.4 Å². The molecule has 0 aliphatic heterocycles. The molecule has 2 aromatic carbocycles. The van der Waals surface area contributed by atoms with Gasteiger partial charge in [-0.3, -0.25) is 0 Å². The predicted octanol–water partition coefficient (Wildman–Crippen LogP) is 3.89. The summed E-state index contributed by atoms with van der Waals surface area (Å²) in [6, 6.07) is 15.9. The van der Waals surface area contributed by atoms with Gasteiger partial charge in [0.1, 0.15) is 6.33 Å². The number of rotatable bonds is 6. The maximum absolute atomic E-state index is 5.45. The second kappa shape index (κ2) is 7.55. The molecule has 1 aromatic heterocycles. The minimum Gasteiger partial charge on any atom is -0.372 e. The predicted molar refractivity (Wildman–Crippen MR) is 97.8 cm³/mol. The Morgan fingerprint density at radius 3 is 2.50 bits per heavy atom. The van der Waals surface area contributed by atoms with E-state index in [0.29, 0.717) is 5.88 Å². The molecule has 0 fully saturated rings. The van der Waals surface area contributed by atoms with Gasteiger partial charge in [-0.2, -0.15) is 4.98 Å². The molecule has 0 aliphatic carbocycles. The topological polar surface area (TPSA) is 50.6 Å². The summed E-state index contributed by atoms with van der Waals surface area (Å²) in [5.41, 5.74) is 3.02. The average molecular weight is 320 g/mol. The van der Waals surface area contributed by atoms with Crippen molar-refractivity contribution in [3.8, 4) is 5.88 Å². The molecule has 0 N–H and O–H groups in total. The van der Waals surface area contributed by atoms with Gasteiger partial charge >= 0.3 is 0 Å². The van der Waals surface area contributed by atoms with Crippen LogP contribution in [0.15, 0.2) is 60.0 Å². The van der Waals surface area contributed by atoms with Crippen LogP contribution in [0.25, 0.3) is 10.9 Å². The van der Waals surface area contributed by atoms with Gasteiger partial charge in [0.05, 0.1) is 17.1 Å². The molecule has 0 saturated heterocycles. The molecule has 3 aromatic rings. The lowest BCUT2D eigenvalue weighted by molar-refractivity contribution is 0.334. The Bertz CT molecular complexity index is 821. The fourth-order valence-electron chi connectivity index (χ4n) is 2.55. The monoisotopic (exact) mass is 320 g/mol.